The van der Waals surface area contributed by atoms with Gasteiger partial charge in [0.05, 0.1) is 11.1 Å². The molecule has 1 aromatic carbocycles. The zero-order valence-corrected chi connectivity index (χ0v) is 15.4. The van der Waals surface area contributed by atoms with Crippen LogP contribution in [0.2, 0.25) is 5.02 Å². The summed E-state index contributed by atoms with van der Waals surface area (Å²) in [5.74, 6) is 1.31. The second-order valence-corrected chi connectivity index (χ2v) is 7.76. The Kier molecular flexibility index (Phi) is 4.65. The molecule has 0 atom stereocenters. The first kappa shape index (κ1) is 16.8. The molecule has 2 fully saturated rings. The molecule has 4 rings (SSSR count). The number of rotatable bonds is 4. The average molecular weight is 358 g/mol. The summed E-state index contributed by atoms with van der Waals surface area (Å²) >= 11 is 6.19. The van der Waals surface area contributed by atoms with Crippen molar-refractivity contribution in [2.45, 2.75) is 31.6 Å². The maximum atomic E-state index is 13.2. The van der Waals surface area contributed by atoms with Crippen LogP contribution in [0.4, 0.5) is 0 Å². The molecule has 132 valence electrons. The quantitative estimate of drug-likeness (QED) is 0.904. The van der Waals surface area contributed by atoms with E-state index in [4.69, 9.17) is 16.6 Å². The second kappa shape index (κ2) is 6.93. The number of nitrogens with zero attached hydrogens (tertiary/aromatic N) is 2. The zero-order valence-electron chi connectivity index (χ0n) is 14.6. The van der Waals surface area contributed by atoms with Gasteiger partial charge in [-0.1, -0.05) is 11.6 Å². The minimum Gasteiger partial charge on any atom is -0.339 e. The van der Waals surface area contributed by atoms with Gasteiger partial charge in [-0.15, -0.1) is 0 Å². The van der Waals surface area contributed by atoms with Crippen molar-refractivity contribution in [3.63, 3.8) is 0 Å². The molecule has 1 saturated carbocycles. The molecule has 5 heteroatoms. The molecule has 0 radical (unpaired) electrons. The van der Waals surface area contributed by atoms with Crippen molar-refractivity contribution in [1.82, 2.24) is 15.2 Å². The van der Waals surface area contributed by atoms with Crippen LogP contribution in [0, 0.1) is 5.92 Å². The SMILES string of the molecule is CNCC1CCN(C(=O)c2cc(C3CC3)nc3ccc(Cl)cc23)CC1. The van der Waals surface area contributed by atoms with Gasteiger partial charge in [0, 0.05) is 35.1 Å². The third-order valence-electron chi connectivity index (χ3n) is 5.41. The van der Waals surface area contributed by atoms with Crippen molar-refractivity contribution in [2.24, 2.45) is 5.92 Å². The fourth-order valence-corrected chi connectivity index (χ4v) is 3.95. The number of fused-ring (bicyclic) bond motifs is 1. The van der Waals surface area contributed by atoms with Gasteiger partial charge in [0.2, 0.25) is 0 Å². The predicted octanol–water partition coefficient (Wildman–Crippen LogP) is 3.84. The molecule has 4 nitrogen and oxygen atoms in total. The van der Waals surface area contributed by atoms with Gasteiger partial charge in [0.25, 0.3) is 5.91 Å². The second-order valence-electron chi connectivity index (χ2n) is 7.32. The van der Waals surface area contributed by atoms with E-state index in [-0.39, 0.29) is 5.91 Å². The largest absolute Gasteiger partial charge is 0.339 e. The maximum Gasteiger partial charge on any atom is 0.254 e. The van der Waals surface area contributed by atoms with E-state index in [1.165, 1.54) is 12.8 Å². The number of aromatic nitrogens is 1. The lowest BCUT2D eigenvalue weighted by Gasteiger charge is -2.32. The maximum absolute atomic E-state index is 13.2. The summed E-state index contributed by atoms with van der Waals surface area (Å²) in [4.78, 5) is 20.0. The Balaban J connectivity index is 1.65. The van der Waals surface area contributed by atoms with Crippen LogP contribution < -0.4 is 5.32 Å². The minimum atomic E-state index is 0.125. The number of likely N-dealkylation sites (tertiary alicyclic amines) is 1. The van der Waals surface area contributed by atoms with Gasteiger partial charge in [0.1, 0.15) is 0 Å². The van der Waals surface area contributed by atoms with Crippen LogP contribution in [0.5, 0.6) is 0 Å². The molecule has 0 unspecified atom stereocenters. The number of carbonyl (C=O) groups excluding carboxylic acids is 1. The highest BCUT2D eigenvalue weighted by molar-refractivity contribution is 6.31. The summed E-state index contributed by atoms with van der Waals surface area (Å²) < 4.78 is 0. The van der Waals surface area contributed by atoms with Crippen molar-refractivity contribution < 1.29 is 4.79 Å². The number of benzene rings is 1. The topological polar surface area (TPSA) is 45.2 Å². The third kappa shape index (κ3) is 3.51. The van der Waals surface area contributed by atoms with E-state index in [2.05, 4.69) is 5.32 Å². The van der Waals surface area contributed by atoms with Crippen molar-refractivity contribution in [2.75, 3.05) is 26.7 Å². The number of halogens is 1. The number of pyridine rings is 1. The Morgan fingerprint density at radius 2 is 2.00 bits per heavy atom. The van der Waals surface area contributed by atoms with Crippen LogP contribution in [0.1, 0.15) is 47.7 Å². The molecule has 25 heavy (non-hydrogen) atoms. The standard InChI is InChI=1S/C20H24ClN3O/c1-22-12-13-6-8-24(9-7-13)20(25)17-11-19(14-2-3-14)23-18-5-4-15(21)10-16(17)18/h4-5,10-11,13-14,22H,2-3,6-9,12H2,1H3. The first-order chi connectivity index (χ1) is 12.2. The van der Waals surface area contributed by atoms with Crippen LogP contribution in [-0.4, -0.2) is 42.5 Å². The molecule has 2 aliphatic rings. The normalized spacial score (nSPS) is 18.7. The van der Waals surface area contributed by atoms with Gasteiger partial charge < -0.3 is 10.2 Å². The molecule has 1 saturated heterocycles. The monoisotopic (exact) mass is 357 g/mol. The molecule has 1 aliphatic heterocycles. The molecule has 2 aromatic rings. The van der Waals surface area contributed by atoms with Gasteiger partial charge in [-0.2, -0.15) is 0 Å². The lowest BCUT2D eigenvalue weighted by molar-refractivity contribution is 0.0692. The molecule has 0 bridgehead atoms. The third-order valence-corrected chi connectivity index (χ3v) is 5.65. The van der Waals surface area contributed by atoms with Crippen LogP contribution in [0.3, 0.4) is 0 Å². The van der Waals surface area contributed by atoms with Crippen LogP contribution in [-0.2, 0) is 0 Å². The number of nitrogens with one attached hydrogen (secondary N) is 1. The summed E-state index contributed by atoms with van der Waals surface area (Å²) in [6.45, 7) is 2.68. The lowest BCUT2D eigenvalue weighted by atomic mass is 9.95. The molecule has 1 aliphatic carbocycles. The van der Waals surface area contributed by atoms with Crippen molar-refractivity contribution in [1.29, 1.82) is 0 Å². The first-order valence-electron chi connectivity index (χ1n) is 9.20. The van der Waals surface area contributed by atoms with E-state index in [0.29, 0.717) is 16.9 Å². The van der Waals surface area contributed by atoms with Gasteiger partial charge in [-0.05, 0) is 69.5 Å². The van der Waals surface area contributed by atoms with Crippen LogP contribution in [0.25, 0.3) is 10.9 Å². The summed E-state index contributed by atoms with van der Waals surface area (Å²) in [6, 6.07) is 7.67. The summed E-state index contributed by atoms with van der Waals surface area (Å²) in [5, 5.41) is 4.77. The van der Waals surface area contributed by atoms with Crippen LogP contribution >= 0.6 is 11.6 Å². The Hall–Kier alpha value is -1.65. The summed E-state index contributed by atoms with van der Waals surface area (Å²) in [7, 11) is 1.99. The summed E-state index contributed by atoms with van der Waals surface area (Å²) in [6.07, 6.45) is 4.47. The Morgan fingerprint density at radius 1 is 1.24 bits per heavy atom. The van der Waals surface area contributed by atoms with E-state index in [0.717, 1.165) is 54.6 Å². The van der Waals surface area contributed by atoms with E-state index in [9.17, 15) is 4.79 Å². The van der Waals surface area contributed by atoms with E-state index in [1.54, 1.807) is 0 Å². The number of carbonyl (C=O) groups is 1. The molecule has 1 N–H and O–H groups in total. The highest BCUT2D eigenvalue weighted by Gasteiger charge is 2.29. The highest BCUT2D eigenvalue weighted by atomic mass is 35.5. The Bertz CT molecular complexity index is 795. The summed E-state index contributed by atoms with van der Waals surface area (Å²) in [5.41, 5.74) is 2.70. The number of amides is 1. The minimum absolute atomic E-state index is 0.125. The molecule has 1 aromatic heterocycles. The molecular formula is C20H24ClN3O. The fourth-order valence-electron chi connectivity index (χ4n) is 3.78. The molecular weight excluding hydrogens is 334 g/mol. The predicted molar refractivity (Wildman–Crippen MR) is 101 cm³/mol. The molecule has 2 heterocycles. The number of hydrogen-bond acceptors (Lipinski definition) is 3. The fraction of sp³-hybridized carbons (Fsp3) is 0.500. The van der Waals surface area contributed by atoms with Crippen molar-refractivity contribution >= 4 is 28.4 Å². The van der Waals surface area contributed by atoms with E-state index in [1.807, 2.05) is 36.2 Å². The Labute approximate surface area is 153 Å². The van der Waals surface area contributed by atoms with Crippen molar-refractivity contribution in [3.8, 4) is 0 Å². The molecule has 1 amide bonds. The first-order valence-corrected chi connectivity index (χ1v) is 9.57. The van der Waals surface area contributed by atoms with Gasteiger partial charge in [-0.3, -0.25) is 9.78 Å². The number of piperidine rings is 1. The average Bonchev–Trinajstić information content (AvgIpc) is 3.46. The van der Waals surface area contributed by atoms with Gasteiger partial charge in [-0.25, -0.2) is 0 Å². The number of hydrogen-bond donors (Lipinski definition) is 1. The molecule has 0 spiro atoms. The Morgan fingerprint density at radius 3 is 2.68 bits per heavy atom. The highest BCUT2D eigenvalue weighted by Crippen LogP contribution is 2.40. The van der Waals surface area contributed by atoms with E-state index >= 15 is 0 Å². The van der Waals surface area contributed by atoms with Crippen molar-refractivity contribution in [3.05, 3.63) is 40.5 Å². The smallest absolute Gasteiger partial charge is 0.254 e. The zero-order chi connectivity index (χ0) is 17.4. The lowest BCUT2D eigenvalue weighted by Crippen LogP contribution is -2.40. The van der Waals surface area contributed by atoms with E-state index < -0.39 is 0 Å². The van der Waals surface area contributed by atoms with Crippen LogP contribution in [0.15, 0.2) is 24.3 Å². The van der Waals surface area contributed by atoms with Gasteiger partial charge >= 0.3 is 0 Å². The van der Waals surface area contributed by atoms with Gasteiger partial charge in [0.15, 0.2) is 0 Å².